The molecule has 1 aromatic rings. The largest absolute Gasteiger partial charge is 0.469 e. The van der Waals surface area contributed by atoms with Crippen molar-refractivity contribution in [3.05, 3.63) is 24.2 Å². The van der Waals surface area contributed by atoms with E-state index in [0.29, 0.717) is 17.9 Å². The first kappa shape index (κ1) is 19.6. The Morgan fingerprint density at radius 2 is 2.17 bits per heavy atom. The number of carbonyl (C=O) groups is 1. The number of rotatable bonds is 6. The van der Waals surface area contributed by atoms with Crippen LogP contribution in [0.1, 0.15) is 58.1 Å². The molecule has 4 fully saturated rings. The number of hydrogen-bond acceptors (Lipinski definition) is 5. The molecule has 0 aromatic carbocycles. The lowest BCUT2D eigenvalue weighted by Gasteiger charge is -2.51. The highest BCUT2D eigenvalue weighted by Crippen LogP contribution is 2.62. The van der Waals surface area contributed by atoms with Gasteiger partial charge < -0.3 is 18.8 Å². The van der Waals surface area contributed by atoms with Gasteiger partial charge in [0.1, 0.15) is 11.9 Å². The van der Waals surface area contributed by atoms with Gasteiger partial charge in [-0.25, -0.2) is 0 Å². The number of furan rings is 1. The van der Waals surface area contributed by atoms with Gasteiger partial charge in [-0.3, -0.25) is 4.79 Å². The van der Waals surface area contributed by atoms with E-state index in [1.165, 1.54) is 19.3 Å². The van der Waals surface area contributed by atoms with Gasteiger partial charge in [0.2, 0.25) is 0 Å². The van der Waals surface area contributed by atoms with Crippen molar-refractivity contribution in [3.63, 3.8) is 0 Å². The van der Waals surface area contributed by atoms with E-state index in [4.69, 9.17) is 13.9 Å². The zero-order valence-electron chi connectivity index (χ0n) is 18.1. The zero-order chi connectivity index (χ0) is 20.2. The molecule has 2 aliphatic carbocycles. The molecule has 0 N–H and O–H groups in total. The van der Waals surface area contributed by atoms with Gasteiger partial charge in [-0.05, 0) is 76.0 Å². The molecular weight excluding hydrogens is 366 g/mol. The third-order valence-corrected chi connectivity index (χ3v) is 8.71. The van der Waals surface area contributed by atoms with Crippen molar-refractivity contribution in [1.82, 2.24) is 4.90 Å². The number of fused-ring (bicyclic) bond motifs is 3. The van der Waals surface area contributed by atoms with Gasteiger partial charge in [-0.1, -0.05) is 6.92 Å². The lowest BCUT2D eigenvalue weighted by molar-refractivity contribution is -0.147. The Morgan fingerprint density at radius 1 is 1.34 bits per heavy atom. The third-order valence-electron chi connectivity index (χ3n) is 8.71. The quantitative estimate of drug-likeness (QED) is 0.531. The summed E-state index contributed by atoms with van der Waals surface area (Å²) in [5.41, 5.74) is 0.393. The van der Waals surface area contributed by atoms with Crippen molar-refractivity contribution in [1.29, 1.82) is 0 Å². The van der Waals surface area contributed by atoms with E-state index in [1.807, 2.05) is 12.1 Å². The maximum atomic E-state index is 12.8. The van der Waals surface area contributed by atoms with Crippen LogP contribution in [-0.2, 0) is 20.7 Å². The Labute approximate surface area is 174 Å². The van der Waals surface area contributed by atoms with Crippen molar-refractivity contribution in [3.8, 4) is 0 Å². The monoisotopic (exact) mass is 401 g/mol. The zero-order valence-corrected chi connectivity index (χ0v) is 18.1. The maximum absolute atomic E-state index is 12.8. The van der Waals surface area contributed by atoms with Crippen molar-refractivity contribution in [2.45, 2.75) is 76.5 Å². The fourth-order valence-electron chi connectivity index (χ4n) is 6.68. The fourth-order valence-corrected chi connectivity index (χ4v) is 6.68. The summed E-state index contributed by atoms with van der Waals surface area (Å²) in [7, 11) is 2.15. The number of epoxide rings is 1. The Balaban J connectivity index is 1.24. The van der Waals surface area contributed by atoms with E-state index in [1.54, 1.807) is 6.26 Å². The Morgan fingerprint density at radius 3 is 2.90 bits per heavy atom. The second-order valence-electron chi connectivity index (χ2n) is 10.5. The van der Waals surface area contributed by atoms with Crippen LogP contribution in [0.5, 0.6) is 0 Å². The topological polar surface area (TPSA) is 55.2 Å². The Hall–Kier alpha value is -1.33. The molecule has 4 aliphatic rings. The van der Waals surface area contributed by atoms with Crippen LogP contribution >= 0.6 is 0 Å². The number of esters is 1. The molecule has 0 amide bonds. The molecule has 2 saturated heterocycles. The van der Waals surface area contributed by atoms with Crippen LogP contribution in [0, 0.1) is 23.2 Å². The summed E-state index contributed by atoms with van der Waals surface area (Å²) < 4.78 is 17.4. The minimum absolute atomic E-state index is 0.00154. The molecule has 2 saturated carbocycles. The normalized spacial score (nSPS) is 41.9. The molecule has 2 aliphatic heterocycles. The average molecular weight is 402 g/mol. The van der Waals surface area contributed by atoms with Crippen LogP contribution in [0.3, 0.4) is 0 Å². The summed E-state index contributed by atoms with van der Waals surface area (Å²) in [6.07, 6.45) is 9.60. The molecule has 29 heavy (non-hydrogen) atoms. The Bertz CT molecular complexity index is 742. The molecule has 1 spiro atoms. The van der Waals surface area contributed by atoms with E-state index in [2.05, 4.69) is 25.8 Å². The molecule has 5 heteroatoms. The van der Waals surface area contributed by atoms with Gasteiger partial charge in [0.25, 0.3) is 0 Å². The summed E-state index contributed by atoms with van der Waals surface area (Å²) in [5, 5.41) is 0. The lowest BCUT2D eigenvalue weighted by atomic mass is 9.53. The first-order valence-corrected chi connectivity index (χ1v) is 11.5. The van der Waals surface area contributed by atoms with Gasteiger partial charge >= 0.3 is 5.97 Å². The van der Waals surface area contributed by atoms with Crippen LogP contribution in [0.4, 0.5) is 0 Å². The first-order chi connectivity index (χ1) is 13.9. The fraction of sp³-hybridized carbons (Fsp3) is 0.792. The number of carbonyl (C=O) groups excluding carboxylic acids is 1. The lowest BCUT2D eigenvalue weighted by Crippen LogP contribution is -2.51. The van der Waals surface area contributed by atoms with Crippen molar-refractivity contribution in [2.24, 2.45) is 23.2 Å². The van der Waals surface area contributed by atoms with E-state index in [-0.39, 0.29) is 29.0 Å². The predicted molar refractivity (Wildman–Crippen MR) is 109 cm³/mol. The van der Waals surface area contributed by atoms with Gasteiger partial charge in [0.15, 0.2) is 0 Å². The minimum atomic E-state index is -0.00154. The van der Waals surface area contributed by atoms with Crippen LogP contribution in [0.2, 0.25) is 0 Å². The van der Waals surface area contributed by atoms with Crippen LogP contribution in [0.25, 0.3) is 0 Å². The van der Waals surface area contributed by atoms with Crippen LogP contribution in [0.15, 0.2) is 22.8 Å². The summed E-state index contributed by atoms with van der Waals surface area (Å²) >= 11 is 0. The van der Waals surface area contributed by atoms with Gasteiger partial charge in [0.05, 0.1) is 24.4 Å². The highest BCUT2D eigenvalue weighted by molar-refractivity contribution is 5.75. The van der Waals surface area contributed by atoms with Crippen molar-refractivity contribution >= 4 is 5.97 Å². The van der Waals surface area contributed by atoms with Gasteiger partial charge in [0, 0.05) is 24.9 Å². The standard InChI is InChI=1S/C24H35NO4/c1-16(7-8-17-6-4-11-27-17)25(3)14-19-18-12-21-23(2,13-20(18)29-22(19)26)9-5-10-24(21)15-28-24/h4,6,11,16,18-21H,5,7-10,12-15H2,1-3H3/t16-,18-,19+,20-,21-,23-,24-/m1/s1. The third kappa shape index (κ3) is 3.44. The molecule has 0 radical (unpaired) electrons. The highest BCUT2D eigenvalue weighted by Gasteiger charge is 2.65. The van der Waals surface area contributed by atoms with Crippen LogP contribution < -0.4 is 0 Å². The molecule has 7 atom stereocenters. The molecule has 5 nitrogen and oxygen atoms in total. The molecule has 1 aromatic heterocycles. The molecule has 0 unspecified atom stereocenters. The van der Waals surface area contributed by atoms with Gasteiger partial charge in [-0.15, -0.1) is 0 Å². The maximum Gasteiger partial charge on any atom is 0.310 e. The first-order valence-electron chi connectivity index (χ1n) is 11.5. The molecule has 3 heterocycles. The average Bonchev–Trinajstić information content (AvgIpc) is 3.13. The molecule has 160 valence electrons. The van der Waals surface area contributed by atoms with E-state index < -0.39 is 0 Å². The van der Waals surface area contributed by atoms with E-state index in [0.717, 1.165) is 44.6 Å². The second kappa shape index (κ2) is 7.12. The molecule has 0 bridgehead atoms. The summed E-state index contributed by atoms with van der Waals surface area (Å²) in [4.78, 5) is 15.2. The highest BCUT2D eigenvalue weighted by atomic mass is 16.6. The summed E-state index contributed by atoms with van der Waals surface area (Å²) in [6, 6.07) is 4.37. The molecular formula is C24H35NO4. The predicted octanol–water partition coefficient (Wildman–Crippen LogP) is 4.06. The number of ether oxygens (including phenoxy) is 2. The van der Waals surface area contributed by atoms with Crippen LogP contribution in [-0.4, -0.2) is 48.8 Å². The number of aryl methyl sites for hydroxylation is 1. The summed E-state index contributed by atoms with van der Waals surface area (Å²) in [5.74, 6) is 1.99. The smallest absolute Gasteiger partial charge is 0.310 e. The van der Waals surface area contributed by atoms with E-state index >= 15 is 0 Å². The minimum Gasteiger partial charge on any atom is -0.469 e. The van der Waals surface area contributed by atoms with E-state index in [9.17, 15) is 4.79 Å². The van der Waals surface area contributed by atoms with Gasteiger partial charge in [-0.2, -0.15) is 0 Å². The summed E-state index contributed by atoms with van der Waals surface area (Å²) in [6.45, 7) is 6.37. The number of hydrogen-bond donors (Lipinski definition) is 0. The van der Waals surface area contributed by atoms with Crippen molar-refractivity contribution in [2.75, 3.05) is 20.2 Å². The Kier molecular flexibility index (Phi) is 4.82. The second-order valence-corrected chi connectivity index (χ2v) is 10.5. The number of nitrogens with zero attached hydrogens (tertiary/aromatic N) is 1. The van der Waals surface area contributed by atoms with Crippen molar-refractivity contribution < 1.29 is 18.7 Å². The molecule has 5 rings (SSSR count). The SMILES string of the molecule is C[C@H](CCc1ccco1)N(C)C[C@@H]1C(=O)O[C@@H]2C[C@@]3(C)CCC[C@@]4(CO4)[C@@H]3C[C@H]12.